The summed E-state index contributed by atoms with van der Waals surface area (Å²) in [6, 6.07) is 12.6. The highest BCUT2D eigenvalue weighted by molar-refractivity contribution is 6.05. The van der Waals surface area contributed by atoms with Crippen molar-refractivity contribution in [2.45, 2.75) is 6.92 Å². The van der Waals surface area contributed by atoms with Crippen molar-refractivity contribution >= 4 is 28.8 Å². The Bertz CT molecular complexity index is 1620. The summed E-state index contributed by atoms with van der Waals surface area (Å²) in [4.78, 5) is 41.4. The SMILES string of the molecule is Cc1ccc(NC(=O)c2cccc(C(=O)F)c2)cc1Oc1nc(-c2cccnc2)nc2c1ncn2C. The number of fused-ring (bicyclic) bond motifs is 1. The number of hydrogen-bond acceptors (Lipinski definition) is 7. The standard InChI is InChI=1S/C26H19FN6O3/c1-15-8-9-19(30-25(35)17-6-3-5-16(11-17)22(27)34)12-20(15)36-26-21-24(33(2)14-29-21)31-23(32-26)18-7-4-10-28-13-18/h3-14H,1-2H3,(H,30,35). The maximum absolute atomic E-state index is 13.1. The largest absolute Gasteiger partial charge is 0.437 e. The molecule has 0 saturated carbocycles. The number of aromatic nitrogens is 5. The summed E-state index contributed by atoms with van der Waals surface area (Å²) in [7, 11) is 1.83. The highest BCUT2D eigenvalue weighted by Crippen LogP contribution is 2.32. The quantitative estimate of drug-likeness (QED) is 0.343. The number of anilines is 1. The number of halogens is 1. The molecule has 36 heavy (non-hydrogen) atoms. The van der Waals surface area contributed by atoms with Crippen LogP contribution >= 0.6 is 0 Å². The molecular formula is C26H19FN6O3. The zero-order valence-corrected chi connectivity index (χ0v) is 19.3. The van der Waals surface area contributed by atoms with Crippen LogP contribution in [0, 0.1) is 6.92 Å². The van der Waals surface area contributed by atoms with Gasteiger partial charge in [0, 0.05) is 42.3 Å². The molecule has 5 aromatic rings. The molecule has 0 aliphatic heterocycles. The molecule has 1 amide bonds. The van der Waals surface area contributed by atoms with Gasteiger partial charge in [-0.05, 0) is 48.9 Å². The smallest absolute Gasteiger partial charge is 0.332 e. The molecule has 0 fully saturated rings. The Morgan fingerprint density at radius 2 is 1.86 bits per heavy atom. The van der Waals surface area contributed by atoms with Gasteiger partial charge in [0.05, 0.1) is 11.9 Å². The van der Waals surface area contributed by atoms with Crippen LogP contribution in [0.3, 0.4) is 0 Å². The predicted molar refractivity (Wildman–Crippen MR) is 131 cm³/mol. The molecule has 3 heterocycles. The Labute approximate surface area is 204 Å². The molecule has 178 valence electrons. The number of nitrogens with one attached hydrogen (secondary N) is 1. The maximum Gasteiger partial charge on any atom is 0.332 e. The first-order chi connectivity index (χ1) is 17.4. The molecule has 0 bridgehead atoms. The van der Waals surface area contributed by atoms with Gasteiger partial charge in [0.25, 0.3) is 11.8 Å². The van der Waals surface area contributed by atoms with Crippen LogP contribution in [-0.4, -0.2) is 36.4 Å². The van der Waals surface area contributed by atoms with Gasteiger partial charge in [-0.15, -0.1) is 0 Å². The molecule has 10 heteroatoms. The Morgan fingerprint density at radius 1 is 1.03 bits per heavy atom. The molecule has 0 unspecified atom stereocenters. The average molecular weight is 482 g/mol. The molecular weight excluding hydrogens is 463 g/mol. The summed E-state index contributed by atoms with van der Waals surface area (Å²) < 4.78 is 21.0. The van der Waals surface area contributed by atoms with E-state index in [0.29, 0.717) is 28.4 Å². The van der Waals surface area contributed by atoms with Crippen molar-refractivity contribution in [2.75, 3.05) is 5.32 Å². The Morgan fingerprint density at radius 3 is 2.64 bits per heavy atom. The van der Waals surface area contributed by atoms with Crippen LogP contribution < -0.4 is 10.1 Å². The highest BCUT2D eigenvalue weighted by Gasteiger charge is 2.17. The lowest BCUT2D eigenvalue weighted by Gasteiger charge is -2.12. The number of aryl methyl sites for hydroxylation is 2. The average Bonchev–Trinajstić information content (AvgIpc) is 3.27. The Kier molecular flexibility index (Phi) is 5.91. The number of benzene rings is 2. The normalized spacial score (nSPS) is 10.9. The molecule has 9 nitrogen and oxygen atoms in total. The second-order valence-corrected chi connectivity index (χ2v) is 8.01. The molecule has 0 spiro atoms. The van der Waals surface area contributed by atoms with E-state index in [4.69, 9.17) is 4.74 Å². The van der Waals surface area contributed by atoms with Gasteiger partial charge in [-0.25, -0.2) is 9.97 Å². The van der Waals surface area contributed by atoms with Crippen LogP contribution in [0.5, 0.6) is 11.6 Å². The lowest BCUT2D eigenvalue weighted by atomic mass is 10.1. The third kappa shape index (κ3) is 4.51. The van der Waals surface area contributed by atoms with Crippen LogP contribution in [0.25, 0.3) is 22.6 Å². The lowest BCUT2D eigenvalue weighted by molar-refractivity contribution is 0.0836. The minimum absolute atomic E-state index is 0.147. The fourth-order valence-corrected chi connectivity index (χ4v) is 3.55. The molecule has 3 aromatic heterocycles. The molecule has 0 radical (unpaired) electrons. The molecule has 5 rings (SSSR count). The van der Waals surface area contributed by atoms with Crippen molar-refractivity contribution in [2.24, 2.45) is 7.05 Å². The van der Waals surface area contributed by atoms with Crippen LogP contribution in [0.2, 0.25) is 0 Å². The van der Waals surface area contributed by atoms with E-state index in [0.717, 1.165) is 11.1 Å². The fourth-order valence-electron chi connectivity index (χ4n) is 3.55. The number of rotatable bonds is 6. The summed E-state index contributed by atoms with van der Waals surface area (Å²) >= 11 is 0. The van der Waals surface area contributed by atoms with Crippen LogP contribution in [0.4, 0.5) is 10.1 Å². The van der Waals surface area contributed by atoms with E-state index in [1.54, 1.807) is 47.6 Å². The minimum Gasteiger partial charge on any atom is -0.437 e. The van der Waals surface area contributed by atoms with E-state index in [1.807, 2.05) is 20.0 Å². The van der Waals surface area contributed by atoms with Gasteiger partial charge in [0.2, 0.25) is 0 Å². The number of amides is 1. The third-order valence-corrected chi connectivity index (χ3v) is 5.45. The van der Waals surface area contributed by atoms with Crippen LogP contribution in [-0.2, 0) is 7.05 Å². The molecule has 2 aromatic carbocycles. The molecule has 1 N–H and O–H groups in total. The zero-order chi connectivity index (χ0) is 25.2. The monoisotopic (exact) mass is 482 g/mol. The summed E-state index contributed by atoms with van der Waals surface area (Å²) in [5.41, 5.74) is 2.98. The topological polar surface area (TPSA) is 112 Å². The van der Waals surface area contributed by atoms with Crippen molar-refractivity contribution < 1.29 is 18.7 Å². The van der Waals surface area contributed by atoms with Gasteiger partial charge < -0.3 is 14.6 Å². The van der Waals surface area contributed by atoms with Crippen LogP contribution in [0.1, 0.15) is 26.3 Å². The predicted octanol–water partition coefficient (Wildman–Crippen LogP) is 4.89. The number of nitrogens with zero attached hydrogens (tertiary/aromatic N) is 5. The maximum atomic E-state index is 13.1. The van der Waals surface area contributed by atoms with E-state index in [-0.39, 0.29) is 17.0 Å². The number of carbonyl (C=O) groups excluding carboxylic acids is 2. The summed E-state index contributed by atoms with van der Waals surface area (Å²) in [6.07, 6.45) is 4.95. The van der Waals surface area contributed by atoms with Gasteiger partial charge in [-0.3, -0.25) is 14.6 Å². The summed E-state index contributed by atoms with van der Waals surface area (Å²) in [5, 5.41) is 2.74. The van der Waals surface area contributed by atoms with Gasteiger partial charge in [-0.1, -0.05) is 12.1 Å². The number of carbonyl (C=O) groups is 2. The first-order valence-corrected chi connectivity index (χ1v) is 10.9. The minimum atomic E-state index is -1.60. The van der Waals surface area contributed by atoms with Crippen molar-refractivity contribution in [1.82, 2.24) is 24.5 Å². The van der Waals surface area contributed by atoms with E-state index < -0.39 is 11.9 Å². The fraction of sp³-hybridized carbons (Fsp3) is 0.0769. The Hall–Kier alpha value is -4.99. The molecule has 0 atom stereocenters. The van der Waals surface area contributed by atoms with E-state index in [2.05, 4.69) is 25.3 Å². The number of imidazole rings is 1. The summed E-state index contributed by atoms with van der Waals surface area (Å²) in [5.74, 6) is 0.628. The number of hydrogen-bond donors (Lipinski definition) is 1. The zero-order valence-electron chi connectivity index (χ0n) is 19.3. The second-order valence-electron chi connectivity index (χ2n) is 8.01. The third-order valence-electron chi connectivity index (χ3n) is 5.45. The summed E-state index contributed by atoms with van der Waals surface area (Å²) in [6.45, 7) is 1.86. The first-order valence-electron chi connectivity index (χ1n) is 10.9. The van der Waals surface area contributed by atoms with E-state index in [9.17, 15) is 14.0 Å². The Balaban J connectivity index is 1.47. The molecule has 0 aliphatic carbocycles. The van der Waals surface area contributed by atoms with E-state index in [1.165, 1.54) is 24.3 Å². The number of ether oxygens (including phenoxy) is 1. The number of pyridine rings is 1. The van der Waals surface area contributed by atoms with Crippen LogP contribution in [0.15, 0.2) is 73.3 Å². The molecule has 0 saturated heterocycles. The van der Waals surface area contributed by atoms with Crippen molar-refractivity contribution in [3.63, 3.8) is 0 Å². The van der Waals surface area contributed by atoms with Crippen molar-refractivity contribution in [1.29, 1.82) is 0 Å². The highest BCUT2D eigenvalue weighted by atomic mass is 19.1. The first kappa shape index (κ1) is 22.8. The van der Waals surface area contributed by atoms with Gasteiger partial charge >= 0.3 is 6.04 Å². The second kappa shape index (κ2) is 9.34. The van der Waals surface area contributed by atoms with Gasteiger partial charge in [0.15, 0.2) is 17.0 Å². The van der Waals surface area contributed by atoms with Gasteiger partial charge in [0.1, 0.15) is 5.75 Å². The van der Waals surface area contributed by atoms with Crippen molar-refractivity contribution in [3.05, 3.63) is 90.0 Å². The van der Waals surface area contributed by atoms with Gasteiger partial charge in [-0.2, -0.15) is 9.37 Å². The lowest BCUT2D eigenvalue weighted by Crippen LogP contribution is -2.12. The van der Waals surface area contributed by atoms with Crippen molar-refractivity contribution in [3.8, 4) is 23.0 Å². The molecule has 0 aliphatic rings. The van der Waals surface area contributed by atoms with E-state index >= 15 is 0 Å².